The Hall–Kier alpha value is -1.57. The van der Waals surface area contributed by atoms with E-state index in [-0.39, 0.29) is 11.3 Å². The molecule has 0 aromatic heterocycles. The maximum Gasteiger partial charge on any atom is 0.220 e. The Bertz CT molecular complexity index is 704. The number of unbranched alkanes of at least 4 members (excludes halogenated alkanes) is 3. The predicted octanol–water partition coefficient (Wildman–Crippen LogP) is 5.76. The van der Waals surface area contributed by atoms with Gasteiger partial charge in [-0.1, -0.05) is 56.0 Å². The number of nitrogens with one attached hydrogen (secondary N) is 1. The van der Waals surface area contributed by atoms with Crippen LogP contribution in [0, 0.1) is 5.41 Å². The van der Waals surface area contributed by atoms with Crippen LogP contribution in [-0.2, 0) is 11.2 Å². The van der Waals surface area contributed by atoms with E-state index >= 15 is 0 Å². The Balaban J connectivity index is 1.41. The number of fused-ring (bicyclic) bond motifs is 1. The molecule has 2 nitrogen and oxygen atoms in total. The summed E-state index contributed by atoms with van der Waals surface area (Å²) in [6, 6.07) is 7.20. The SMILES string of the molecule is CCCCCCC1=Cc2ccc([C@H]3CC[C@@]4(CNC(=O)C4)C3)cc2CC1. The summed E-state index contributed by atoms with van der Waals surface area (Å²) >= 11 is 0. The fourth-order valence-electron chi connectivity index (χ4n) is 5.36. The van der Waals surface area contributed by atoms with Gasteiger partial charge in [-0.2, -0.15) is 0 Å². The van der Waals surface area contributed by atoms with Crippen molar-refractivity contribution in [3.8, 4) is 0 Å². The summed E-state index contributed by atoms with van der Waals surface area (Å²) in [6.45, 7) is 3.18. The van der Waals surface area contributed by atoms with Gasteiger partial charge in [0.25, 0.3) is 0 Å². The van der Waals surface area contributed by atoms with E-state index in [2.05, 4.69) is 36.5 Å². The van der Waals surface area contributed by atoms with Crippen LogP contribution in [0.1, 0.15) is 93.7 Å². The molecule has 26 heavy (non-hydrogen) atoms. The van der Waals surface area contributed by atoms with Crippen LogP contribution >= 0.6 is 0 Å². The lowest BCUT2D eigenvalue weighted by molar-refractivity contribution is -0.119. The predicted molar refractivity (Wildman–Crippen MR) is 108 cm³/mol. The second-order valence-corrected chi connectivity index (χ2v) is 8.96. The summed E-state index contributed by atoms with van der Waals surface area (Å²) in [4.78, 5) is 11.7. The third-order valence-corrected chi connectivity index (χ3v) is 6.96. The molecule has 0 bridgehead atoms. The fraction of sp³-hybridized carbons (Fsp3) is 0.625. The van der Waals surface area contributed by atoms with Gasteiger partial charge in [0.2, 0.25) is 5.91 Å². The number of amides is 1. The van der Waals surface area contributed by atoms with E-state index in [4.69, 9.17) is 0 Å². The smallest absolute Gasteiger partial charge is 0.220 e. The number of hydrogen-bond donors (Lipinski definition) is 1. The second-order valence-electron chi connectivity index (χ2n) is 8.96. The van der Waals surface area contributed by atoms with Gasteiger partial charge in [0.1, 0.15) is 0 Å². The molecule has 1 aromatic carbocycles. The minimum absolute atomic E-state index is 0.253. The summed E-state index contributed by atoms with van der Waals surface area (Å²) in [5.74, 6) is 0.903. The summed E-state index contributed by atoms with van der Waals surface area (Å²) < 4.78 is 0. The molecule has 1 saturated heterocycles. The van der Waals surface area contributed by atoms with Gasteiger partial charge in [-0.05, 0) is 73.0 Å². The molecule has 0 radical (unpaired) electrons. The maximum absolute atomic E-state index is 11.7. The molecule has 2 heteroatoms. The molecule has 2 atom stereocenters. The monoisotopic (exact) mass is 351 g/mol. The minimum Gasteiger partial charge on any atom is -0.356 e. The number of carbonyl (C=O) groups excluding carboxylic acids is 1. The highest BCUT2D eigenvalue weighted by Crippen LogP contribution is 2.50. The Morgan fingerprint density at radius 1 is 1.19 bits per heavy atom. The number of aryl methyl sites for hydroxylation is 1. The highest BCUT2D eigenvalue weighted by molar-refractivity contribution is 5.79. The molecule has 0 unspecified atom stereocenters. The van der Waals surface area contributed by atoms with Gasteiger partial charge in [-0.15, -0.1) is 0 Å². The van der Waals surface area contributed by atoms with E-state index in [1.807, 2.05) is 0 Å². The van der Waals surface area contributed by atoms with E-state index in [9.17, 15) is 4.79 Å². The Labute approximate surface area is 158 Å². The van der Waals surface area contributed by atoms with Gasteiger partial charge in [0.15, 0.2) is 0 Å². The fourth-order valence-corrected chi connectivity index (χ4v) is 5.36. The number of benzene rings is 1. The zero-order valence-corrected chi connectivity index (χ0v) is 16.3. The lowest BCUT2D eigenvalue weighted by Gasteiger charge is -2.22. The van der Waals surface area contributed by atoms with Crippen molar-refractivity contribution < 1.29 is 4.79 Å². The quantitative estimate of drug-likeness (QED) is 0.649. The standard InChI is InChI=1S/C24H33NO/c1-2-3-4-5-6-18-7-8-20-14-21(10-9-19(20)13-18)22-11-12-24(15-22)16-23(26)25-17-24/h9-10,13-14,22H,2-8,11-12,15-17H2,1H3,(H,25,26)/t22-,24+/m0/s1. The van der Waals surface area contributed by atoms with Crippen molar-refractivity contribution in [1.82, 2.24) is 5.32 Å². The molecule has 140 valence electrons. The second kappa shape index (κ2) is 7.58. The molecular formula is C24H33NO. The Kier molecular flexibility index (Phi) is 5.20. The average molecular weight is 352 g/mol. The van der Waals surface area contributed by atoms with Crippen LogP contribution in [0.15, 0.2) is 23.8 Å². The first-order valence-electron chi connectivity index (χ1n) is 10.8. The molecule has 4 rings (SSSR count). The largest absolute Gasteiger partial charge is 0.356 e. The van der Waals surface area contributed by atoms with Crippen molar-refractivity contribution >= 4 is 12.0 Å². The lowest BCUT2D eigenvalue weighted by Crippen LogP contribution is -2.20. The number of allylic oxidation sites excluding steroid dienone is 1. The first-order valence-corrected chi connectivity index (χ1v) is 10.8. The molecule has 1 saturated carbocycles. The van der Waals surface area contributed by atoms with Crippen LogP contribution in [0.3, 0.4) is 0 Å². The maximum atomic E-state index is 11.7. The Morgan fingerprint density at radius 3 is 2.92 bits per heavy atom. The van der Waals surface area contributed by atoms with Gasteiger partial charge in [-0.3, -0.25) is 4.79 Å². The summed E-state index contributed by atoms with van der Waals surface area (Å²) in [7, 11) is 0. The third-order valence-electron chi connectivity index (χ3n) is 6.96. The topological polar surface area (TPSA) is 29.1 Å². The van der Waals surface area contributed by atoms with Gasteiger partial charge in [0, 0.05) is 13.0 Å². The summed E-state index contributed by atoms with van der Waals surface area (Å²) in [6.07, 6.45) is 16.0. The molecule has 1 aliphatic heterocycles. The van der Waals surface area contributed by atoms with Crippen molar-refractivity contribution in [2.24, 2.45) is 5.41 Å². The van der Waals surface area contributed by atoms with Gasteiger partial charge >= 0.3 is 0 Å². The summed E-state index contributed by atoms with van der Waals surface area (Å²) in [5, 5.41) is 3.06. The Morgan fingerprint density at radius 2 is 2.12 bits per heavy atom. The van der Waals surface area contributed by atoms with Gasteiger partial charge in [-0.25, -0.2) is 0 Å². The van der Waals surface area contributed by atoms with E-state index in [0.29, 0.717) is 5.92 Å². The van der Waals surface area contributed by atoms with Crippen LogP contribution in [0.25, 0.3) is 6.08 Å². The van der Waals surface area contributed by atoms with E-state index < -0.39 is 0 Å². The lowest BCUT2D eigenvalue weighted by atomic mass is 9.82. The van der Waals surface area contributed by atoms with Crippen LogP contribution in [-0.4, -0.2) is 12.5 Å². The molecule has 1 aromatic rings. The first-order chi connectivity index (χ1) is 12.7. The molecule has 3 aliphatic rings. The molecule has 2 aliphatic carbocycles. The summed E-state index contributed by atoms with van der Waals surface area (Å²) in [5.41, 5.74) is 6.41. The highest BCUT2D eigenvalue weighted by atomic mass is 16.1. The molecule has 1 heterocycles. The van der Waals surface area contributed by atoms with Crippen molar-refractivity contribution in [2.45, 2.75) is 83.5 Å². The number of hydrogen-bond acceptors (Lipinski definition) is 1. The average Bonchev–Trinajstić information content (AvgIpc) is 3.24. The zero-order chi connectivity index (χ0) is 18.0. The van der Waals surface area contributed by atoms with Crippen LogP contribution in [0.2, 0.25) is 0 Å². The van der Waals surface area contributed by atoms with Gasteiger partial charge in [0.05, 0.1) is 0 Å². The van der Waals surface area contributed by atoms with Crippen LogP contribution < -0.4 is 5.32 Å². The van der Waals surface area contributed by atoms with E-state index in [1.165, 1.54) is 75.3 Å². The highest BCUT2D eigenvalue weighted by Gasteiger charge is 2.44. The van der Waals surface area contributed by atoms with Crippen LogP contribution in [0.4, 0.5) is 0 Å². The third kappa shape index (κ3) is 3.75. The zero-order valence-electron chi connectivity index (χ0n) is 16.3. The van der Waals surface area contributed by atoms with Crippen molar-refractivity contribution in [3.05, 3.63) is 40.5 Å². The molecular weight excluding hydrogens is 318 g/mol. The molecule has 1 spiro atoms. The van der Waals surface area contributed by atoms with Crippen molar-refractivity contribution in [3.63, 3.8) is 0 Å². The number of carbonyl (C=O) groups is 1. The first kappa shape index (κ1) is 17.8. The minimum atomic E-state index is 0.253. The van der Waals surface area contributed by atoms with Gasteiger partial charge < -0.3 is 5.32 Å². The van der Waals surface area contributed by atoms with Crippen LogP contribution in [0.5, 0.6) is 0 Å². The van der Waals surface area contributed by atoms with E-state index in [0.717, 1.165) is 13.0 Å². The molecule has 1 amide bonds. The molecule has 1 N–H and O–H groups in total. The van der Waals surface area contributed by atoms with Crippen molar-refractivity contribution in [1.29, 1.82) is 0 Å². The molecule has 2 fully saturated rings. The normalized spacial score (nSPS) is 27.5. The van der Waals surface area contributed by atoms with Crippen molar-refractivity contribution in [2.75, 3.05) is 6.54 Å². The number of rotatable bonds is 6. The van der Waals surface area contributed by atoms with E-state index in [1.54, 1.807) is 11.1 Å².